The lowest BCUT2D eigenvalue weighted by molar-refractivity contribution is -0.120. The van der Waals surface area contributed by atoms with Crippen LogP contribution in [0, 0.1) is 5.82 Å². The third-order valence-corrected chi connectivity index (χ3v) is 6.77. The van der Waals surface area contributed by atoms with Gasteiger partial charge in [-0.05, 0) is 36.8 Å². The maximum absolute atomic E-state index is 13.2. The number of rotatable bonds is 4. The van der Waals surface area contributed by atoms with Crippen LogP contribution in [-0.4, -0.2) is 20.9 Å². The van der Waals surface area contributed by atoms with Crippen molar-refractivity contribution < 1.29 is 17.6 Å². The highest BCUT2D eigenvalue weighted by molar-refractivity contribution is 7.93. The molecule has 1 N–H and O–H groups in total. The van der Waals surface area contributed by atoms with E-state index >= 15 is 0 Å². The lowest BCUT2D eigenvalue weighted by atomic mass is 10.0. The Morgan fingerprint density at radius 3 is 2.31 bits per heavy atom. The third kappa shape index (κ3) is 3.49. The van der Waals surface area contributed by atoms with E-state index in [1.165, 1.54) is 12.1 Å². The molecule has 1 aliphatic heterocycles. The smallest absolute Gasteiger partial charge is 0.265 e. The number of halogens is 1. The van der Waals surface area contributed by atoms with E-state index in [4.69, 9.17) is 0 Å². The Bertz CT molecular complexity index is 1180. The summed E-state index contributed by atoms with van der Waals surface area (Å²) >= 11 is 0. The number of nitrogens with zero attached hydrogens (tertiary/aromatic N) is 1. The minimum atomic E-state index is -3.87. The fraction of sp³-hybridized carbons (Fsp3) is 0.136. The molecule has 1 heterocycles. The lowest BCUT2D eigenvalue weighted by Crippen LogP contribution is -2.43. The van der Waals surface area contributed by atoms with Crippen LogP contribution in [0.3, 0.4) is 0 Å². The van der Waals surface area contributed by atoms with E-state index < -0.39 is 22.0 Å². The second kappa shape index (κ2) is 7.33. The van der Waals surface area contributed by atoms with Crippen LogP contribution in [-0.2, 0) is 14.8 Å². The molecule has 29 heavy (non-hydrogen) atoms. The van der Waals surface area contributed by atoms with Gasteiger partial charge in [-0.25, -0.2) is 12.8 Å². The molecule has 0 radical (unpaired) electrons. The predicted octanol–water partition coefficient (Wildman–Crippen LogP) is 3.88. The first kappa shape index (κ1) is 19.1. The first-order valence-corrected chi connectivity index (χ1v) is 10.6. The first-order chi connectivity index (χ1) is 13.9. The van der Waals surface area contributed by atoms with Crippen molar-refractivity contribution in [1.82, 2.24) is 5.32 Å². The van der Waals surface area contributed by atoms with Gasteiger partial charge in [0.25, 0.3) is 10.0 Å². The maximum Gasteiger partial charge on any atom is 0.265 e. The Morgan fingerprint density at radius 2 is 1.59 bits per heavy atom. The van der Waals surface area contributed by atoms with Gasteiger partial charge in [0.1, 0.15) is 12.4 Å². The summed E-state index contributed by atoms with van der Waals surface area (Å²) in [6, 6.07) is 19.3. The van der Waals surface area contributed by atoms with Crippen molar-refractivity contribution >= 4 is 21.6 Å². The van der Waals surface area contributed by atoms with Gasteiger partial charge >= 0.3 is 0 Å². The summed E-state index contributed by atoms with van der Waals surface area (Å²) in [5.74, 6) is -0.804. The van der Waals surface area contributed by atoms with Crippen molar-refractivity contribution in [3.63, 3.8) is 0 Å². The number of anilines is 1. The summed E-state index contributed by atoms with van der Waals surface area (Å²) < 4.78 is 40.6. The lowest BCUT2D eigenvalue weighted by Gasteiger charge is -2.31. The molecule has 1 amide bonds. The number of carbonyl (C=O) groups is 1. The van der Waals surface area contributed by atoms with Gasteiger partial charge in [0.2, 0.25) is 5.91 Å². The molecule has 3 aromatic carbocycles. The fourth-order valence-corrected chi connectivity index (χ4v) is 5.15. The number of nitrogens with one attached hydrogen (secondary N) is 1. The van der Waals surface area contributed by atoms with Crippen LogP contribution in [0.2, 0.25) is 0 Å². The van der Waals surface area contributed by atoms with Crippen LogP contribution in [0.25, 0.3) is 11.1 Å². The Hall–Kier alpha value is -3.19. The summed E-state index contributed by atoms with van der Waals surface area (Å²) in [5, 5.41) is 2.79. The topological polar surface area (TPSA) is 66.5 Å². The standard InChI is InChI=1S/C22H19FN2O3S/c1-15(16-10-12-17(23)13-11-16)24-22(26)14-25-20-8-4-2-6-18(20)19-7-3-5-9-21(19)29(25,27)28/h2-13,15H,14H2,1H3,(H,24,26)/t15-/m1/s1. The average Bonchev–Trinajstić information content (AvgIpc) is 2.72. The van der Waals surface area contributed by atoms with Crippen molar-refractivity contribution in [2.75, 3.05) is 10.8 Å². The predicted molar refractivity (Wildman–Crippen MR) is 109 cm³/mol. The summed E-state index contributed by atoms with van der Waals surface area (Å²) in [4.78, 5) is 12.9. The third-order valence-electron chi connectivity index (χ3n) is 4.95. The second-order valence-electron chi connectivity index (χ2n) is 6.87. The summed E-state index contributed by atoms with van der Waals surface area (Å²) in [5.41, 5.74) is 2.58. The number of amides is 1. The summed E-state index contributed by atoms with van der Waals surface area (Å²) in [7, 11) is -3.87. The molecule has 0 spiro atoms. The van der Waals surface area contributed by atoms with E-state index in [2.05, 4.69) is 5.32 Å². The molecule has 148 valence electrons. The average molecular weight is 410 g/mol. The Labute approximate surface area is 168 Å². The largest absolute Gasteiger partial charge is 0.348 e. The van der Waals surface area contributed by atoms with Gasteiger partial charge in [0, 0.05) is 11.1 Å². The molecule has 4 rings (SSSR count). The number of carbonyl (C=O) groups excluding carboxylic acids is 1. The molecule has 0 bridgehead atoms. The Balaban J connectivity index is 1.63. The molecule has 1 aliphatic rings. The number of sulfonamides is 1. The molecule has 0 aromatic heterocycles. The molecule has 0 unspecified atom stereocenters. The quantitative estimate of drug-likeness (QED) is 0.710. The minimum Gasteiger partial charge on any atom is -0.348 e. The monoisotopic (exact) mass is 410 g/mol. The number of para-hydroxylation sites is 1. The SMILES string of the molecule is C[C@@H](NC(=O)CN1c2ccccc2-c2ccccc2S1(=O)=O)c1ccc(F)cc1. The highest BCUT2D eigenvalue weighted by Crippen LogP contribution is 2.42. The molecule has 0 fully saturated rings. The highest BCUT2D eigenvalue weighted by Gasteiger charge is 2.35. The van der Waals surface area contributed by atoms with Crippen LogP contribution in [0.1, 0.15) is 18.5 Å². The molecule has 5 nitrogen and oxygen atoms in total. The van der Waals surface area contributed by atoms with Crippen LogP contribution < -0.4 is 9.62 Å². The van der Waals surface area contributed by atoms with Gasteiger partial charge in [-0.3, -0.25) is 9.10 Å². The van der Waals surface area contributed by atoms with Gasteiger partial charge < -0.3 is 5.32 Å². The Morgan fingerprint density at radius 1 is 0.966 bits per heavy atom. The van der Waals surface area contributed by atoms with Crippen LogP contribution in [0.15, 0.2) is 77.7 Å². The normalized spacial score (nSPS) is 15.2. The molecule has 1 atom stereocenters. The van der Waals surface area contributed by atoms with Crippen LogP contribution >= 0.6 is 0 Å². The molecule has 0 saturated carbocycles. The zero-order valence-corrected chi connectivity index (χ0v) is 16.5. The highest BCUT2D eigenvalue weighted by atomic mass is 32.2. The number of hydrogen-bond acceptors (Lipinski definition) is 3. The Kier molecular flexibility index (Phi) is 4.84. The van der Waals surface area contributed by atoms with Crippen molar-refractivity contribution in [1.29, 1.82) is 0 Å². The molecule has 3 aromatic rings. The zero-order valence-electron chi connectivity index (χ0n) is 15.7. The maximum atomic E-state index is 13.2. The van der Waals surface area contributed by atoms with Crippen LogP contribution in [0.4, 0.5) is 10.1 Å². The van der Waals surface area contributed by atoms with Gasteiger partial charge in [0.05, 0.1) is 16.6 Å². The van der Waals surface area contributed by atoms with Crippen molar-refractivity contribution in [3.8, 4) is 11.1 Å². The zero-order chi connectivity index (χ0) is 20.6. The van der Waals surface area contributed by atoms with E-state index in [0.29, 0.717) is 11.3 Å². The number of fused-ring (bicyclic) bond motifs is 3. The van der Waals surface area contributed by atoms with E-state index in [0.717, 1.165) is 15.4 Å². The second-order valence-corrected chi connectivity index (χ2v) is 8.70. The molecule has 0 saturated heterocycles. The molecular formula is C22H19FN2O3S. The van der Waals surface area contributed by atoms with Crippen molar-refractivity contribution in [3.05, 3.63) is 84.2 Å². The number of hydrogen-bond donors (Lipinski definition) is 1. The van der Waals surface area contributed by atoms with Gasteiger partial charge in [-0.15, -0.1) is 0 Å². The minimum absolute atomic E-state index is 0.179. The first-order valence-electron chi connectivity index (χ1n) is 9.14. The number of benzene rings is 3. The van der Waals surface area contributed by atoms with Gasteiger partial charge in [-0.2, -0.15) is 0 Å². The van der Waals surface area contributed by atoms with Gasteiger partial charge in [0.15, 0.2) is 0 Å². The summed E-state index contributed by atoms with van der Waals surface area (Å²) in [6.07, 6.45) is 0. The summed E-state index contributed by atoms with van der Waals surface area (Å²) in [6.45, 7) is 1.41. The van der Waals surface area contributed by atoms with E-state index in [1.54, 1.807) is 55.5 Å². The van der Waals surface area contributed by atoms with E-state index in [1.807, 2.05) is 12.1 Å². The molecule has 0 aliphatic carbocycles. The molecular weight excluding hydrogens is 391 g/mol. The van der Waals surface area contributed by atoms with E-state index in [9.17, 15) is 17.6 Å². The van der Waals surface area contributed by atoms with Gasteiger partial charge in [-0.1, -0.05) is 48.5 Å². The van der Waals surface area contributed by atoms with Crippen molar-refractivity contribution in [2.45, 2.75) is 17.9 Å². The molecule has 7 heteroatoms. The van der Waals surface area contributed by atoms with Crippen molar-refractivity contribution in [2.24, 2.45) is 0 Å². The van der Waals surface area contributed by atoms with E-state index in [-0.39, 0.29) is 17.3 Å². The fourth-order valence-electron chi connectivity index (χ4n) is 3.50. The van der Waals surface area contributed by atoms with Crippen LogP contribution in [0.5, 0.6) is 0 Å².